The van der Waals surface area contributed by atoms with E-state index in [0.29, 0.717) is 43.7 Å². The molecule has 5 rings (SSSR count). The van der Waals surface area contributed by atoms with E-state index in [9.17, 15) is 21.6 Å². The Balaban J connectivity index is 1.32. The highest BCUT2D eigenvalue weighted by Gasteiger charge is 2.33. The lowest BCUT2D eigenvalue weighted by atomic mass is 9.80. The summed E-state index contributed by atoms with van der Waals surface area (Å²) in [5.41, 5.74) is 2.84. The van der Waals surface area contributed by atoms with Gasteiger partial charge < -0.3 is 9.47 Å². The summed E-state index contributed by atoms with van der Waals surface area (Å²) >= 11 is 0. The second-order valence-electron chi connectivity index (χ2n) is 12.3. The van der Waals surface area contributed by atoms with E-state index in [1.807, 2.05) is 46.8 Å². The van der Waals surface area contributed by atoms with Gasteiger partial charge in [0.05, 0.1) is 34.2 Å². The first-order valence-electron chi connectivity index (χ1n) is 15.2. The van der Waals surface area contributed by atoms with E-state index in [0.717, 1.165) is 17.5 Å². The standard InChI is InChI=1S/C33H42N2O7S2/c1-22-6-11-29(16-27-7-12-30(13-8-27)43(37,38)34-18-23(2)41-24(3)19-34)33(36)32(22)17-28-9-14-31(15-10-28)44(39,40)35-20-25(4)42-26(5)21-35/h7-10,12-17,22-26H,6,11,18-21H2,1-5H3/b29-16+,32-17+/t22-,23-,24+,25-,26-/m0/s1. The number of ketones is 1. The summed E-state index contributed by atoms with van der Waals surface area (Å²) in [6.07, 6.45) is 4.39. The predicted molar refractivity (Wildman–Crippen MR) is 170 cm³/mol. The first-order chi connectivity index (χ1) is 20.7. The minimum absolute atomic E-state index is 0.0465. The summed E-state index contributed by atoms with van der Waals surface area (Å²) in [6, 6.07) is 13.3. The number of benzene rings is 2. The van der Waals surface area contributed by atoms with Gasteiger partial charge in [-0.25, -0.2) is 16.8 Å². The van der Waals surface area contributed by atoms with Gasteiger partial charge in [0.2, 0.25) is 20.0 Å². The lowest BCUT2D eigenvalue weighted by Crippen LogP contribution is -2.48. The molecular formula is C33H42N2O7S2. The second-order valence-corrected chi connectivity index (χ2v) is 16.2. The molecule has 3 fully saturated rings. The molecule has 0 bridgehead atoms. The van der Waals surface area contributed by atoms with E-state index in [1.54, 1.807) is 48.5 Å². The molecule has 2 aromatic carbocycles. The number of carbonyl (C=O) groups is 1. The Kier molecular flexibility index (Phi) is 9.65. The SMILES string of the molecule is C[C@@H]1CN(S(=O)(=O)c2ccc(/C=C3\CC[C@H](C)/C(=C\c4ccc(S(=O)(=O)N5C[C@H](C)O[C@@H](C)C5)cc4)C3=O)cc2)C[C@H](C)O1. The molecule has 0 N–H and O–H groups in total. The van der Waals surface area contributed by atoms with Gasteiger partial charge in [-0.2, -0.15) is 8.61 Å². The first kappa shape index (κ1) is 32.7. The van der Waals surface area contributed by atoms with Gasteiger partial charge in [-0.15, -0.1) is 0 Å². The summed E-state index contributed by atoms with van der Waals surface area (Å²) in [6.45, 7) is 10.7. The topological polar surface area (TPSA) is 110 Å². The van der Waals surface area contributed by atoms with Crippen molar-refractivity contribution in [3.63, 3.8) is 0 Å². The molecule has 0 radical (unpaired) electrons. The number of hydrogen-bond acceptors (Lipinski definition) is 7. The van der Waals surface area contributed by atoms with Crippen LogP contribution in [0.1, 0.15) is 58.6 Å². The number of nitrogens with zero attached hydrogens (tertiary/aromatic N) is 2. The minimum Gasteiger partial charge on any atom is -0.373 e. The van der Waals surface area contributed by atoms with Crippen LogP contribution in [0, 0.1) is 5.92 Å². The average Bonchev–Trinajstić information content (AvgIpc) is 2.96. The Morgan fingerprint density at radius 1 is 0.636 bits per heavy atom. The van der Waals surface area contributed by atoms with Crippen molar-refractivity contribution in [1.82, 2.24) is 8.61 Å². The van der Waals surface area contributed by atoms with Gasteiger partial charge >= 0.3 is 0 Å². The summed E-state index contributed by atoms with van der Waals surface area (Å²) < 4.78 is 67.2. The molecule has 1 saturated carbocycles. The van der Waals surface area contributed by atoms with Crippen molar-refractivity contribution in [2.24, 2.45) is 5.92 Å². The molecule has 1 aliphatic carbocycles. The van der Waals surface area contributed by atoms with E-state index in [-0.39, 0.29) is 45.9 Å². The molecule has 3 aliphatic rings. The van der Waals surface area contributed by atoms with Crippen LogP contribution >= 0.6 is 0 Å². The van der Waals surface area contributed by atoms with Crippen LogP contribution in [-0.2, 0) is 34.3 Å². The molecule has 238 valence electrons. The molecule has 0 unspecified atom stereocenters. The van der Waals surface area contributed by atoms with Gasteiger partial charge in [0.15, 0.2) is 5.78 Å². The van der Waals surface area contributed by atoms with Crippen LogP contribution in [-0.4, -0.2) is 81.8 Å². The van der Waals surface area contributed by atoms with Crippen LogP contribution in [0.3, 0.4) is 0 Å². The summed E-state index contributed by atoms with van der Waals surface area (Å²) in [5.74, 6) is -0.00469. The van der Waals surface area contributed by atoms with Crippen molar-refractivity contribution < 1.29 is 31.1 Å². The third-order valence-corrected chi connectivity index (χ3v) is 12.1. The Morgan fingerprint density at radius 2 is 1.02 bits per heavy atom. The van der Waals surface area contributed by atoms with E-state index in [4.69, 9.17) is 9.47 Å². The quantitative estimate of drug-likeness (QED) is 0.419. The van der Waals surface area contributed by atoms with Crippen LogP contribution in [0.15, 0.2) is 69.5 Å². The van der Waals surface area contributed by atoms with Crippen molar-refractivity contribution in [3.8, 4) is 0 Å². The normalized spacial score (nSPS) is 29.8. The van der Waals surface area contributed by atoms with Gasteiger partial charge in [-0.1, -0.05) is 31.2 Å². The number of morpholine rings is 2. The average molecular weight is 643 g/mol. The van der Waals surface area contributed by atoms with Gasteiger partial charge in [0.25, 0.3) is 0 Å². The fraction of sp³-hybridized carbons (Fsp3) is 0.485. The molecular weight excluding hydrogens is 601 g/mol. The maximum atomic E-state index is 13.6. The largest absolute Gasteiger partial charge is 0.373 e. The molecule has 5 atom stereocenters. The minimum atomic E-state index is -3.66. The van der Waals surface area contributed by atoms with Crippen LogP contribution in [0.4, 0.5) is 0 Å². The maximum Gasteiger partial charge on any atom is 0.243 e. The van der Waals surface area contributed by atoms with E-state index in [1.165, 1.54) is 8.61 Å². The van der Waals surface area contributed by atoms with Crippen molar-refractivity contribution in [3.05, 3.63) is 70.8 Å². The third-order valence-electron chi connectivity index (χ3n) is 8.40. The molecule has 0 aromatic heterocycles. The Morgan fingerprint density at radius 3 is 1.43 bits per heavy atom. The highest BCUT2D eigenvalue weighted by atomic mass is 32.2. The summed E-state index contributed by atoms with van der Waals surface area (Å²) in [5, 5.41) is 0. The zero-order chi connectivity index (χ0) is 31.8. The van der Waals surface area contributed by atoms with Crippen LogP contribution < -0.4 is 0 Å². The van der Waals surface area contributed by atoms with E-state index in [2.05, 4.69) is 0 Å². The fourth-order valence-corrected chi connectivity index (χ4v) is 9.38. The number of allylic oxidation sites excluding steroid dienone is 2. The molecule has 2 saturated heterocycles. The lowest BCUT2D eigenvalue weighted by Gasteiger charge is -2.34. The number of hydrogen-bond donors (Lipinski definition) is 0. The predicted octanol–water partition coefficient (Wildman–Crippen LogP) is 4.75. The monoisotopic (exact) mass is 642 g/mol. The van der Waals surface area contributed by atoms with Gasteiger partial charge in [-0.3, -0.25) is 4.79 Å². The van der Waals surface area contributed by atoms with Crippen molar-refractivity contribution in [2.75, 3.05) is 26.2 Å². The molecule has 0 spiro atoms. The van der Waals surface area contributed by atoms with Crippen molar-refractivity contribution in [1.29, 1.82) is 0 Å². The molecule has 2 aliphatic heterocycles. The number of Topliss-reactive ketones (excluding diaryl/α,β-unsaturated/α-hetero) is 1. The van der Waals surface area contributed by atoms with Crippen LogP contribution in [0.25, 0.3) is 12.2 Å². The number of carbonyl (C=O) groups excluding carboxylic acids is 1. The Hall–Kier alpha value is -2.67. The summed E-state index contributed by atoms with van der Waals surface area (Å²) in [4.78, 5) is 14.0. The molecule has 2 aromatic rings. The second kappa shape index (κ2) is 13.0. The molecule has 11 heteroatoms. The van der Waals surface area contributed by atoms with Crippen molar-refractivity contribution >= 4 is 38.0 Å². The van der Waals surface area contributed by atoms with E-state index < -0.39 is 20.0 Å². The number of rotatable bonds is 6. The third kappa shape index (κ3) is 7.08. The molecule has 9 nitrogen and oxygen atoms in total. The number of sulfonamides is 2. The first-order valence-corrected chi connectivity index (χ1v) is 18.1. The molecule has 0 amide bonds. The molecule has 44 heavy (non-hydrogen) atoms. The van der Waals surface area contributed by atoms with Crippen molar-refractivity contribution in [2.45, 2.75) is 81.7 Å². The zero-order valence-electron chi connectivity index (χ0n) is 26.0. The van der Waals surface area contributed by atoms with Gasteiger partial charge in [0.1, 0.15) is 0 Å². The van der Waals surface area contributed by atoms with Crippen LogP contribution in [0.2, 0.25) is 0 Å². The molecule has 2 heterocycles. The Labute approximate surface area is 261 Å². The highest BCUT2D eigenvalue weighted by Crippen LogP contribution is 2.33. The maximum absolute atomic E-state index is 13.6. The smallest absolute Gasteiger partial charge is 0.243 e. The zero-order valence-corrected chi connectivity index (χ0v) is 27.6. The van der Waals surface area contributed by atoms with Gasteiger partial charge in [0, 0.05) is 37.3 Å². The van der Waals surface area contributed by atoms with Gasteiger partial charge in [-0.05, 0) is 94.0 Å². The summed E-state index contributed by atoms with van der Waals surface area (Å²) in [7, 11) is -7.31. The lowest BCUT2D eigenvalue weighted by molar-refractivity contribution is -0.113. The van der Waals surface area contributed by atoms with Crippen LogP contribution in [0.5, 0.6) is 0 Å². The highest BCUT2D eigenvalue weighted by molar-refractivity contribution is 7.89. The number of ether oxygens (including phenoxy) is 2. The van der Waals surface area contributed by atoms with E-state index >= 15 is 0 Å². The fourth-order valence-electron chi connectivity index (χ4n) is 6.20. The Bertz CT molecular complexity index is 1630.